The average Bonchev–Trinajstić information content (AvgIpc) is 2.67. The standard InChI is InChI=1S/C19H16ClN3O4/c1-27-19(26)11-6-7-13(20)15(10-11)22-17(24)9-8-16-21-14-5-3-2-4-12(14)18(25)23-16/h2-7,10H,8-9H2,1H3,(H,22,24)(H,21,23,25). The van der Waals surface area contributed by atoms with Gasteiger partial charge in [0.2, 0.25) is 5.91 Å². The van der Waals surface area contributed by atoms with Gasteiger partial charge in [0.1, 0.15) is 5.82 Å². The predicted molar refractivity (Wildman–Crippen MR) is 102 cm³/mol. The third-order valence-corrected chi connectivity index (χ3v) is 4.24. The molecule has 3 rings (SSSR count). The van der Waals surface area contributed by atoms with Crippen LogP contribution >= 0.6 is 11.6 Å². The number of rotatable bonds is 5. The van der Waals surface area contributed by atoms with Gasteiger partial charge in [0.25, 0.3) is 5.56 Å². The van der Waals surface area contributed by atoms with Crippen molar-refractivity contribution in [3.05, 3.63) is 69.2 Å². The lowest BCUT2D eigenvalue weighted by atomic mass is 10.2. The number of anilines is 1. The van der Waals surface area contributed by atoms with E-state index >= 15 is 0 Å². The first-order chi connectivity index (χ1) is 13.0. The van der Waals surface area contributed by atoms with Crippen LogP contribution in [0, 0.1) is 0 Å². The predicted octanol–water partition coefficient (Wildman–Crippen LogP) is 2.93. The van der Waals surface area contributed by atoms with E-state index in [0.717, 1.165) is 0 Å². The van der Waals surface area contributed by atoms with Gasteiger partial charge in [0.15, 0.2) is 0 Å². The number of halogens is 1. The van der Waals surface area contributed by atoms with Crippen LogP contribution in [0.1, 0.15) is 22.6 Å². The molecule has 0 saturated heterocycles. The number of nitrogens with one attached hydrogen (secondary N) is 2. The van der Waals surface area contributed by atoms with Gasteiger partial charge in [-0.2, -0.15) is 0 Å². The molecule has 138 valence electrons. The Labute approximate surface area is 159 Å². The molecule has 0 fully saturated rings. The minimum Gasteiger partial charge on any atom is -0.465 e. The van der Waals surface area contributed by atoms with Crippen LogP contribution in [0.2, 0.25) is 5.02 Å². The summed E-state index contributed by atoms with van der Waals surface area (Å²) in [5, 5.41) is 3.45. The van der Waals surface area contributed by atoms with Crippen LogP contribution in [0.5, 0.6) is 0 Å². The van der Waals surface area contributed by atoms with Crippen molar-refractivity contribution < 1.29 is 14.3 Å². The number of fused-ring (bicyclic) bond motifs is 1. The quantitative estimate of drug-likeness (QED) is 0.657. The first kappa shape index (κ1) is 18.6. The molecule has 0 bridgehead atoms. The number of aryl methyl sites for hydroxylation is 1. The zero-order valence-corrected chi connectivity index (χ0v) is 15.2. The molecule has 0 radical (unpaired) electrons. The summed E-state index contributed by atoms with van der Waals surface area (Å²) in [6.45, 7) is 0. The lowest BCUT2D eigenvalue weighted by molar-refractivity contribution is -0.116. The number of amides is 1. The summed E-state index contributed by atoms with van der Waals surface area (Å²) < 4.78 is 4.65. The van der Waals surface area contributed by atoms with Gasteiger partial charge in [-0.05, 0) is 30.3 Å². The Morgan fingerprint density at radius 3 is 2.78 bits per heavy atom. The maximum Gasteiger partial charge on any atom is 0.337 e. The fraction of sp³-hybridized carbons (Fsp3) is 0.158. The first-order valence-corrected chi connectivity index (χ1v) is 8.51. The summed E-state index contributed by atoms with van der Waals surface area (Å²) in [4.78, 5) is 42.9. The maximum atomic E-state index is 12.2. The molecular formula is C19H16ClN3O4. The van der Waals surface area contributed by atoms with Crippen LogP contribution in [-0.2, 0) is 16.0 Å². The molecule has 1 aromatic heterocycles. The second kappa shape index (κ2) is 8.01. The van der Waals surface area contributed by atoms with Gasteiger partial charge in [-0.3, -0.25) is 9.59 Å². The van der Waals surface area contributed by atoms with E-state index in [-0.39, 0.29) is 29.9 Å². The summed E-state index contributed by atoms with van der Waals surface area (Å²) in [5.41, 5.74) is 0.914. The molecule has 8 heteroatoms. The molecule has 27 heavy (non-hydrogen) atoms. The largest absolute Gasteiger partial charge is 0.465 e. The number of aromatic amines is 1. The molecule has 0 aliphatic carbocycles. The Morgan fingerprint density at radius 1 is 1.22 bits per heavy atom. The van der Waals surface area contributed by atoms with Crippen molar-refractivity contribution in [2.24, 2.45) is 0 Å². The van der Waals surface area contributed by atoms with E-state index in [1.807, 2.05) is 0 Å². The summed E-state index contributed by atoms with van der Waals surface area (Å²) in [5.74, 6) is -0.432. The highest BCUT2D eigenvalue weighted by Crippen LogP contribution is 2.23. The number of nitrogens with zero attached hydrogens (tertiary/aromatic N) is 1. The molecule has 0 unspecified atom stereocenters. The summed E-state index contributed by atoms with van der Waals surface area (Å²) in [6.07, 6.45) is 0.334. The number of carbonyl (C=O) groups is 2. The van der Waals surface area contributed by atoms with E-state index in [9.17, 15) is 14.4 Å². The number of methoxy groups -OCH3 is 1. The van der Waals surface area contributed by atoms with Crippen LogP contribution in [-0.4, -0.2) is 29.0 Å². The Morgan fingerprint density at radius 2 is 2.00 bits per heavy atom. The Hall–Kier alpha value is -3.19. The number of H-pyrrole nitrogens is 1. The van der Waals surface area contributed by atoms with Crippen molar-refractivity contribution in [1.82, 2.24) is 9.97 Å². The molecule has 7 nitrogen and oxygen atoms in total. The third-order valence-electron chi connectivity index (χ3n) is 3.91. The van der Waals surface area contributed by atoms with Gasteiger partial charge in [0.05, 0.1) is 34.3 Å². The van der Waals surface area contributed by atoms with Crippen molar-refractivity contribution >= 4 is 40.1 Å². The van der Waals surface area contributed by atoms with Crippen molar-refractivity contribution in [1.29, 1.82) is 0 Å². The van der Waals surface area contributed by atoms with Gasteiger partial charge in [0, 0.05) is 12.8 Å². The molecule has 0 spiro atoms. The Kier molecular flexibility index (Phi) is 5.52. The highest BCUT2D eigenvalue weighted by molar-refractivity contribution is 6.33. The van der Waals surface area contributed by atoms with Gasteiger partial charge in [-0.25, -0.2) is 9.78 Å². The molecule has 0 saturated carbocycles. The molecule has 1 amide bonds. The second-order valence-corrected chi connectivity index (χ2v) is 6.17. The zero-order chi connectivity index (χ0) is 19.4. The number of para-hydroxylation sites is 1. The number of carbonyl (C=O) groups excluding carboxylic acids is 2. The third kappa shape index (κ3) is 4.32. The Balaban J connectivity index is 1.70. The fourth-order valence-electron chi connectivity index (χ4n) is 2.56. The van der Waals surface area contributed by atoms with Crippen molar-refractivity contribution in [2.75, 3.05) is 12.4 Å². The molecule has 0 aliphatic rings. The van der Waals surface area contributed by atoms with E-state index in [0.29, 0.717) is 27.4 Å². The molecule has 1 heterocycles. The highest BCUT2D eigenvalue weighted by atomic mass is 35.5. The van der Waals surface area contributed by atoms with E-state index in [1.54, 1.807) is 24.3 Å². The van der Waals surface area contributed by atoms with Crippen molar-refractivity contribution in [3.63, 3.8) is 0 Å². The molecule has 3 aromatic rings. The van der Waals surface area contributed by atoms with Crippen LogP contribution < -0.4 is 10.9 Å². The molecule has 0 atom stereocenters. The number of esters is 1. The Bertz CT molecular complexity index is 1080. The second-order valence-electron chi connectivity index (χ2n) is 5.76. The number of benzene rings is 2. The number of ether oxygens (including phenoxy) is 1. The van der Waals surface area contributed by atoms with Crippen LogP contribution in [0.25, 0.3) is 10.9 Å². The molecule has 2 aromatic carbocycles. The van der Waals surface area contributed by atoms with Crippen molar-refractivity contribution in [3.8, 4) is 0 Å². The minimum absolute atomic E-state index is 0.0834. The first-order valence-electron chi connectivity index (χ1n) is 8.13. The van der Waals surface area contributed by atoms with Crippen LogP contribution in [0.4, 0.5) is 5.69 Å². The fourth-order valence-corrected chi connectivity index (χ4v) is 2.73. The van der Waals surface area contributed by atoms with Gasteiger partial charge >= 0.3 is 5.97 Å². The van der Waals surface area contributed by atoms with Gasteiger partial charge in [-0.15, -0.1) is 0 Å². The minimum atomic E-state index is -0.528. The molecular weight excluding hydrogens is 370 g/mol. The normalized spacial score (nSPS) is 10.6. The number of hydrogen-bond acceptors (Lipinski definition) is 5. The molecule has 0 aliphatic heterocycles. The topological polar surface area (TPSA) is 101 Å². The monoisotopic (exact) mass is 385 g/mol. The average molecular weight is 386 g/mol. The van der Waals surface area contributed by atoms with Crippen molar-refractivity contribution in [2.45, 2.75) is 12.8 Å². The van der Waals surface area contributed by atoms with E-state index in [4.69, 9.17) is 11.6 Å². The molecule has 2 N–H and O–H groups in total. The van der Waals surface area contributed by atoms with E-state index in [2.05, 4.69) is 20.0 Å². The maximum absolute atomic E-state index is 12.2. The summed E-state index contributed by atoms with van der Waals surface area (Å²) in [7, 11) is 1.27. The van der Waals surface area contributed by atoms with Gasteiger partial charge < -0.3 is 15.0 Å². The number of hydrogen-bond donors (Lipinski definition) is 2. The zero-order valence-electron chi connectivity index (χ0n) is 14.4. The lowest BCUT2D eigenvalue weighted by Crippen LogP contribution is -2.16. The summed E-state index contributed by atoms with van der Waals surface area (Å²) >= 11 is 6.06. The smallest absolute Gasteiger partial charge is 0.337 e. The van der Waals surface area contributed by atoms with E-state index in [1.165, 1.54) is 25.3 Å². The summed E-state index contributed by atoms with van der Waals surface area (Å²) in [6, 6.07) is 11.4. The van der Waals surface area contributed by atoms with Gasteiger partial charge in [-0.1, -0.05) is 23.7 Å². The van der Waals surface area contributed by atoms with Crippen LogP contribution in [0.15, 0.2) is 47.3 Å². The number of aromatic nitrogens is 2. The highest BCUT2D eigenvalue weighted by Gasteiger charge is 2.12. The lowest BCUT2D eigenvalue weighted by Gasteiger charge is -2.09. The van der Waals surface area contributed by atoms with E-state index < -0.39 is 5.97 Å². The SMILES string of the molecule is COC(=O)c1ccc(Cl)c(NC(=O)CCc2nc3ccccc3c(=O)[nH]2)c1. The van der Waals surface area contributed by atoms with Crippen LogP contribution in [0.3, 0.4) is 0 Å².